The maximum absolute atomic E-state index is 5.82. The van der Waals surface area contributed by atoms with E-state index < -0.39 is 0 Å². The summed E-state index contributed by atoms with van der Waals surface area (Å²) in [7, 11) is 9.22. The summed E-state index contributed by atoms with van der Waals surface area (Å²) in [5.74, 6) is 2.74. The third-order valence-corrected chi connectivity index (χ3v) is 4.95. The number of nitrogens with zero attached hydrogens (tertiary/aromatic N) is 2. The summed E-state index contributed by atoms with van der Waals surface area (Å²) in [6, 6.07) is 6.19. The number of methoxy groups -OCH3 is 2. The lowest BCUT2D eigenvalue weighted by Crippen LogP contribution is -2.42. The monoisotopic (exact) mass is 408 g/mol. The van der Waals surface area contributed by atoms with Crippen molar-refractivity contribution >= 4 is 5.96 Å². The predicted octanol–water partition coefficient (Wildman–Crippen LogP) is 2.92. The first-order valence-electron chi connectivity index (χ1n) is 10.3. The van der Waals surface area contributed by atoms with Crippen molar-refractivity contribution in [2.24, 2.45) is 10.9 Å². The summed E-state index contributed by atoms with van der Waals surface area (Å²) in [6.07, 6.45) is 1.20. The number of benzene rings is 1. The molecule has 0 saturated heterocycles. The van der Waals surface area contributed by atoms with Gasteiger partial charge in [-0.3, -0.25) is 4.99 Å². The van der Waals surface area contributed by atoms with Gasteiger partial charge < -0.3 is 29.7 Å². The average Bonchev–Trinajstić information content (AvgIpc) is 2.71. The molecule has 2 atom stereocenters. The summed E-state index contributed by atoms with van der Waals surface area (Å²) in [4.78, 5) is 6.52. The van der Waals surface area contributed by atoms with Gasteiger partial charge in [0.2, 0.25) is 0 Å². The van der Waals surface area contributed by atoms with Crippen molar-refractivity contribution in [1.29, 1.82) is 0 Å². The molecule has 0 amide bonds. The Morgan fingerprint density at radius 3 is 2.31 bits per heavy atom. The summed E-state index contributed by atoms with van der Waals surface area (Å²) in [5.41, 5.74) is 1.15. The fraction of sp³-hybridized carbons (Fsp3) is 0.682. The van der Waals surface area contributed by atoms with Crippen molar-refractivity contribution in [3.8, 4) is 11.5 Å². The molecule has 1 rings (SSSR count). The average molecular weight is 409 g/mol. The standard InChI is InChI=1S/C22H40N4O3/c1-9-29-19(16(2)3)12-13-24-22(23-4)25-15-18(26(5)6)17-10-11-20(27-7)21(14-17)28-8/h10-11,14,16,18-19H,9,12-13,15H2,1-8H3,(H2,23,24,25). The van der Waals surface area contributed by atoms with Crippen LogP contribution in [-0.4, -0.2) is 72.0 Å². The third-order valence-electron chi connectivity index (χ3n) is 4.95. The minimum Gasteiger partial charge on any atom is -0.493 e. The Balaban J connectivity index is 2.70. The van der Waals surface area contributed by atoms with Crippen LogP contribution in [0.15, 0.2) is 23.2 Å². The number of aliphatic imine (C=N–C) groups is 1. The Hall–Kier alpha value is -1.99. The lowest BCUT2D eigenvalue weighted by molar-refractivity contribution is 0.0258. The minimum atomic E-state index is 0.153. The number of ether oxygens (including phenoxy) is 3. The molecule has 0 aliphatic rings. The summed E-state index contributed by atoms with van der Waals surface area (Å²) < 4.78 is 16.6. The van der Waals surface area contributed by atoms with E-state index in [4.69, 9.17) is 14.2 Å². The number of likely N-dealkylation sites (N-methyl/N-ethyl adjacent to an activating group) is 1. The number of hydrogen-bond acceptors (Lipinski definition) is 5. The van der Waals surface area contributed by atoms with Gasteiger partial charge in [-0.15, -0.1) is 0 Å². The topological polar surface area (TPSA) is 67.3 Å². The SMILES string of the molecule is CCOC(CCNC(=NC)NCC(c1ccc(OC)c(OC)c1)N(C)C)C(C)C. The molecule has 166 valence electrons. The molecule has 1 aromatic carbocycles. The summed E-state index contributed by atoms with van der Waals surface area (Å²) in [5, 5.41) is 6.83. The molecule has 0 bridgehead atoms. The normalized spacial score (nSPS) is 14.1. The van der Waals surface area contributed by atoms with Gasteiger partial charge in [0.25, 0.3) is 0 Å². The smallest absolute Gasteiger partial charge is 0.191 e. The van der Waals surface area contributed by atoms with E-state index in [-0.39, 0.29) is 12.1 Å². The summed E-state index contributed by atoms with van der Waals surface area (Å²) >= 11 is 0. The highest BCUT2D eigenvalue weighted by Crippen LogP contribution is 2.31. The van der Waals surface area contributed by atoms with Gasteiger partial charge in [0.1, 0.15) is 0 Å². The van der Waals surface area contributed by atoms with Crippen molar-refractivity contribution in [3.05, 3.63) is 23.8 Å². The molecule has 0 saturated carbocycles. The predicted molar refractivity (Wildman–Crippen MR) is 120 cm³/mol. The molecule has 1 aromatic rings. The van der Waals surface area contributed by atoms with Crippen molar-refractivity contribution in [2.45, 2.75) is 39.3 Å². The molecule has 29 heavy (non-hydrogen) atoms. The van der Waals surface area contributed by atoms with Gasteiger partial charge in [-0.2, -0.15) is 0 Å². The second-order valence-electron chi connectivity index (χ2n) is 7.50. The van der Waals surface area contributed by atoms with E-state index in [1.807, 2.05) is 19.1 Å². The van der Waals surface area contributed by atoms with Crippen molar-refractivity contribution < 1.29 is 14.2 Å². The minimum absolute atomic E-state index is 0.153. The van der Waals surface area contributed by atoms with Crippen LogP contribution in [0.2, 0.25) is 0 Å². The third kappa shape index (κ3) is 8.11. The Bertz CT molecular complexity index is 620. The largest absolute Gasteiger partial charge is 0.493 e. The zero-order valence-electron chi connectivity index (χ0n) is 19.4. The highest BCUT2D eigenvalue weighted by molar-refractivity contribution is 5.79. The van der Waals surface area contributed by atoms with Gasteiger partial charge in [0.05, 0.1) is 26.4 Å². The zero-order valence-corrected chi connectivity index (χ0v) is 19.4. The van der Waals surface area contributed by atoms with E-state index in [1.165, 1.54) is 0 Å². The van der Waals surface area contributed by atoms with Crippen LogP contribution in [0.1, 0.15) is 38.8 Å². The number of hydrogen-bond donors (Lipinski definition) is 2. The molecule has 0 fully saturated rings. The zero-order chi connectivity index (χ0) is 21.8. The van der Waals surface area contributed by atoms with Crippen LogP contribution in [0, 0.1) is 5.92 Å². The molecule has 0 spiro atoms. The Morgan fingerprint density at radius 1 is 1.10 bits per heavy atom. The van der Waals surface area contributed by atoms with E-state index in [9.17, 15) is 0 Å². The van der Waals surface area contributed by atoms with Gasteiger partial charge in [-0.25, -0.2) is 0 Å². The van der Waals surface area contributed by atoms with E-state index in [1.54, 1.807) is 21.3 Å². The molecule has 7 heteroatoms. The molecule has 2 N–H and O–H groups in total. The van der Waals surface area contributed by atoms with Crippen molar-refractivity contribution in [2.75, 3.05) is 55.1 Å². The Kier molecular flexibility index (Phi) is 11.5. The lowest BCUT2D eigenvalue weighted by Gasteiger charge is -2.27. The number of guanidine groups is 1. The molecule has 0 radical (unpaired) electrons. The first-order valence-corrected chi connectivity index (χ1v) is 10.3. The van der Waals surface area contributed by atoms with Gasteiger partial charge >= 0.3 is 0 Å². The molecular weight excluding hydrogens is 368 g/mol. The molecule has 0 heterocycles. The molecule has 0 aliphatic carbocycles. The van der Waals surface area contributed by atoms with Crippen LogP contribution < -0.4 is 20.1 Å². The fourth-order valence-electron chi connectivity index (χ4n) is 3.23. The molecule has 2 unspecified atom stereocenters. The number of nitrogens with one attached hydrogen (secondary N) is 2. The highest BCUT2D eigenvalue weighted by atomic mass is 16.5. The van der Waals surface area contributed by atoms with Gasteiger partial charge in [0, 0.05) is 26.7 Å². The maximum atomic E-state index is 5.82. The van der Waals surface area contributed by atoms with Gasteiger partial charge in [0.15, 0.2) is 17.5 Å². The van der Waals surface area contributed by atoms with E-state index in [0.717, 1.165) is 42.6 Å². The quantitative estimate of drug-likeness (QED) is 0.409. The van der Waals surface area contributed by atoms with Gasteiger partial charge in [-0.1, -0.05) is 19.9 Å². The Labute approximate surface area is 176 Å². The molecule has 0 aromatic heterocycles. The molecule has 0 aliphatic heterocycles. The van der Waals surface area contributed by atoms with Crippen molar-refractivity contribution in [1.82, 2.24) is 15.5 Å². The number of rotatable bonds is 12. The van der Waals surface area contributed by atoms with E-state index >= 15 is 0 Å². The summed E-state index contributed by atoms with van der Waals surface area (Å²) in [6.45, 7) is 8.69. The van der Waals surface area contributed by atoms with Crippen LogP contribution in [0.25, 0.3) is 0 Å². The van der Waals surface area contributed by atoms with E-state index in [0.29, 0.717) is 12.5 Å². The molecule has 7 nitrogen and oxygen atoms in total. The lowest BCUT2D eigenvalue weighted by atomic mass is 10.0. The first kappa shape index (κ1) is 25.0. The maximum Gasteiger partial charge on any atom is 0.191 e. The van der Waals surface area contributed by atoms with Gasteiger partial charge in [-0.05, 0) is 51.1 Å². The van der Waals surface area contributed by atoms with Crippen LogP contribution >= 0.6 is 0 Å². The van der Waals surface area contributed by atoms with Crippen molar-refractivity contribution in [3.63, 3.8) is 0 Å². The second-order valence-corrected chi connectivity index (χ2v) is 7.50. The molecular formula is C22H40N4O3. The fourth-order valence-corrected chi connectivity index (χ4v) is 3.23. The second kappa shape index (κ2) is 13.3. The first-order chi connectivity index (χ1) is 13.9. The van der Waals surface area contributed by atoms with Crippen LogP contribution in [0.3, 0.4) is 0 Å². The highest BCUT2D eigenvalue weighted by Gasteiger charge is 2.18. The Morgan fingerprint density at radius 2 is 1.79 bits per heavy atom. The van der Waals surface area contributed by atoms with Crippen LogP contribution in [-0.2, 0) is 4.74 Å². The van der Waals surface area contributed by atoms with E-state index in [2.05, 4.69) is 54.5 Å². The van der Waals surface area contributed by atoms with Crippen LogP contribution in [0.4, 0.5) is 0 Å². The van der Waals surface area contributed by atoms with Crippen LogP contribution in [0.5, 0.6) is 11.5 Å².